The standard InChI is InChI=1S/C18H26O/c1-5-15-6-8-17(9-7-15)19-18(4)12-10-16(11-13-18)14(2)3/h5-9,14,16H,1,10-13H2,2-4H3. The summed E-state index contributed by atoms with van der Waals surface area (Å²) in [5, 5.41) is 0. The molecule has 0 spiro atoms. The lowest BCUT2D eigenvalue weighted by Crippen LogP contribution is -2.37. The van der Waals surface area contributed by atoms with E-state index in [1.807, 2.05) is 6.08 Å². The molecule has 1 saturated carbocycles. The topological polar surface area (TPSA) is 9.23 Å². The smallest absolute Gasteiger partial charge is 0.120 e. The molecule has 1 nitrogen and oxygen atoms in total. The van der Waals surface area contributed by atoms with Gasteiger partial charge < -0.3 is 4.74 Å². The second kappa shape index (κ2) is 5.81. The first kappa shape index (κ1) is 14.2. The summed E-state index contributed by atoms with van der Waals surface area (Å²) in [6.45, 7) is 10.7. The van der Waals surface area contributed by atoms with E-state index in [-0.39, 0.29) is 5.60 Å². The van der Waals surface area contributed by atoms with Crippen molar-refractivity contribution < 1.29 is 4.74 Å². The Balaban J connectivity index is 1.96. The third-order valence-corrected chi connectivity index (χ3v) is 4.51. The molecule has 0 radical (unpaired) electrons. The average molecular weight is 258 g/mol. The third-order valence-electron chi connectivity index (χ3n) is 4.51. The zero-order chi connectivity index (χ0) is 13.9. The average Bonchev–Trinajstić information content (AvgIpc) is 2.40. The molecule has 0 saturated heterocycles. The minimum Gasteiger partial charge on any atom is -0.488 e. The number of hydrogen-bond donors (Lipinski definition) is 0. The predicted octanol–water partition coefficient (Wildman–Crippen LogP) is 5.31. The molecule has 0 atom stereocenters. The van der Waals surface area contributed by atoms with Crippen LogP contribution in [0.4, 0.5) is 0 Å². The summed E-state index contributed by atoms with van der Waals surface area (Å²) >= 11 is 0. The highest BCUT2D eigenvalue weighted by Crippen LogP contribution is 2.38. The third kappa shape index (κ3) is 3.62. The molecule has 1 aromatic carbocycles. The molecule has 0 amide bonds. The summed E-state index contributed by atoms with van der Waals surface area (Å²) in [5.41, 5.74) is 1.15. The quantitative estimate of drug-likeness (QED) is 0.710. The van der Waals surface area contributed by atoms with E-state index in [1.54, 1.807) is 0 Å². The van der Waals surface area contributed by atoms with E-state index >= 15 is 0 Å². The Morgan fingerprint density at radius 3 is 2.26 bits per heavy atom. The van der Waals surface area contributed by atoms with Crippen LogP contribution < -0.4 is 4.74 Å². The Kier molecular flexibility index (Phi) is 4.34. The SMILES string of the molecule is C=Cc1ccc(OC2(C)CCC(C(C)C)CC2)cc1. The first-order valence-corrected chi connectivity index (χ1v) is 7.44. The normalized spacial score (nSPS) is 27.3. The van der Waals surface area contributed by atoms with Crippen molar-refractivity contribution in [3.63, 3.8) is 0 Å². The van der Waals surface area contributed by atoms with Gasteiger partial charge in [-0.1, -0.05) is 38.6 Å². The van der Waals surface area contributed by atoms with Crippen LogP contribution in [-0.2, 0) is 0 Å². The van der Waals surface area contributed by atoms with Crippen LogP contribution in [-0.4, -0.2) is 5.60 Å². The van der Waals surface area contributed by atoms with E-state index in [4.69, 9.17) is 4.74 Å². The molecule has 0 heterocycles. The zero-order valence-electron chi connectivity index (χ0n) is 12.5. The summed E-state index contributed by atoms with van der Waals surface area (Å²) in [7, 11) is 0. The van der Waals surface area contributed by atoms with Crippen molar-refractivity contribution in [1.29, 1.82) is 0 Å². The number of rotatable bonds is 4. The first-order chi connectivity index (χ1) is 9.02. The van der Waals surface area contributed by atoms with Crippen LogP contribution in [0.1, 0.15) is 52.0 Å². The number of benzene rings is 1. The van der Waals surface area contributed by atoms with Gasteiger partial charge in [-0.3, -0.25) is 0 Å². The van der Waals surface area contributed by atoms with Crippen molar-refractivity contribution in [2.75, 3.05) is 0 Å². The van der Waals surface area contributed by atoms with Gasteiger partial charge in [0.05, 0.1) is 0 Å². The van der Waals surface area contributed by atoms with E-state index in [0.29, 0.717) is 0 Å². The van der Waals surface area contributed by atoms with Crippen LogP contribution in [0.25, 0.3) is 6.08 Å². The molecule has 1 fully saturated rings. The predicted molar refractivity (Wildman–Crippen MR) is 82.4 cm³/mol. The molecule has 0 N–H and O–H groups in total. The lowest BCUT2D eigenvalue weighted by Gasteiger charge is -2.39. The molecule has 1 aliphatic rings. The van der Waals surface area contributed by atoms with Crippen molar-refractivity contribution in [1.82, 2.24) is 0 Å². The highest BCUT2D eigenvalue weighted by molar-refractivity contribution is 5.48. The van der Waals surface area contributed by atoms with Crippen molar-refractivity contribution in [3.8, 4) is 5.75 Å². The highest BCUT2D eigenvalue weighted by Gasteiger charge is 2.33. The van der Waals surface area contributed by atoms with Crippen LogP contribution in [0, 0.1) is 11.8 Å². The Morgan fingerprint density at radius 1 is 1.21 bits per heavy atom. The number of hydrogen-bond acceptors (Lipinski definition) is 1. The maximum atomic E-state index is 6.24. The Morgan fingerprint density at radius 2 is 1.79 bits per heavy atom. The van der Waals surface area contributed by atoms with E-state index in [9.17, 15) is 0 Å². The maximum Gasteiger partial charge on any atom is 0.120 e. The van der Waals surface area contributed by atoms with E-state index in [2.05, 4.69) is 51.6 Å². The fraction of sp³-hybridized carbons (Fsp3) is 0.556. The van der Waals surface area contributed by atoms with Crippen molar-refractivity contribution in [3.05, 3.63) is 36.4 Å². The van der Waals surface area contributed by atoms with Crippen molar-refractivity contribution in [2.24, 2.45) is 11.8 Å². The molecule has 1 aliphatic carbocycles. The van der Waals surface area contributed by atoms with Gasteiger partial charge >= 0.3 is 0 Å². The van der Waals surface area contributed by atoms with Crippen molar-refractivity contribution in [2.45, 2.75) is 52.1 Å². The molecular formula is C18H26O. The van der Waals surface area contributed by atoms with Gasteiger partial charge in [-0.05, 0) is 62.1 Å². The lowest BCUT2D eigenvalue weighted by molar-refractivity contribution is 0.0250. The minimum atomic E-state index is 0.0150. The van der Waals surface area contributed by atoms with Gasteiger partial charge in [-0.2, -0.15) is 0 Å². The molecule has 0 aromatic heterocycles. The molecule has 2 rings (SSSR count). The van der Waals surface area contributed by atoms with Gasteiger partial charge in [0, 0.05) is 0 Å². The van der Waals surface area contributed by atoms with E-state index < -0.39 is 0 Å². The number of ether oxygens (including phenoxy) is 1. The largest absolute Gasteiger partial charge is 0.488 e. The molecule has 1 heteroatoms. The lowest BCUT2D eigenvalue weighted by atomic mass is 9.75. The van der Waals surface area contributed by atoms with Crippen LogP contribution in [0.3, 0.4) is 0 Å². The molecule has 0 aliphatic heterocycles. The van der Waals surface area contributed by atoms with Crippen molar-refractivity contribution >= 4 is 6.08 Å². The maximum absolute atomic E-state index is 6.24. The summed E-state index contributed by atoms with van der Waals surface area (Å²) in [6.07, 6.45) is 6.77. The second-order valence-corrected chi connectivity index (χ2v) is 6.41. The van der Waals surface area contributed by atoms with Gasteiger partial charge in [-0.15, -0.1) is 0 Å². The molecule has 19 heavy (non-hydrogen) atoms. The van der Waals surface area contributed by atoms with E-state index in [1.165, 1.54) is 25.7 Å². The molecule has 0 bridgehead atoms. The van der Waals surface area contributed by atoms with Gasteiger partial charge in [0.1, 0.15) is 11.4 Å². The fourth-order valence-corrected chi connectivity index (χ4v) is 2.98. The molecule has 1 aromatic rings. The minimum absolute atomic E-state index is 0.0150. The molecule has 0 unspecified atom stereocenters. The van der Waals surface area contributed by atoms with Gasteiger partial charge in [-0.25, -0.2) is 0 Å². The van der Waals surface area contributed by atoms with Gasteiger partial charge in [0.25, 0.3) is 0 Å². The van der Waals surface area contributed by atoms with Crippen LogP contribution >= 0.6 is 0 Å². The van der Waals surface area contributed by atoms with Gasteiger partial charge in [0.2, 0.25) is 0 Å². The first-order valence-electron chi connectivity index (χ1n) is 7.44. The summed E-state index contributed by atoms with van der Waals surface area (Å²) in [6, 6.07) is 8.23. The fourth-order valence-electron chi connectivity index (χ4n) is 2.98. The highest BCUT2D eigenvalue weighted by atomic mass is 16.5. The van der Waals surface area contributed by atoms with E-state index in [0.717, 1.165) is 23.1 Å². The zero-order valence-corrected chi connectivity index (χ0v) is 12.5. The summed E-state index contributed by atoms with van der Waals surface area (Å²) in [5.74, 6) is 2.66. The molecular weight excluding hydrogens is 232 g/mol. The Bertz CT molecular complexity index is 408. The summed E-state index contributed by atoms with van der Waals surface area (Å²) < 4.78 is 6.24. The second-order valence-electron chi connectivity index (χ2n) is 6.41. The van der Waals surface area contributed by atoms with Crippen LogP contribution in [0.15, 0.2) is 30.8 Å². The van der Waals surface area contributed by atoms with Crippen LogP contribution in [0.5, 0.6) is 5.75 Å². The van der Waals surface area contributed by atoms with Gasteiger partial charge in [0.15, 0.2) is 0 Å². The van der Waals surface area contributed by atoms with Crippen LogP contribution in [0.2, 0.25) is 0 Å². The molecule has 104 valence electrons. The Labute approximate surface area is 117 Å². The summed E-state index contributed by atoms with van der Waals surface area (Å²) in [4.78, 5) is 0. The monoisotopic (exact) mass is 258 g/mol. The Hall–Kier alpha value is -1.24.